The minimum Gasteiger partial charge on any atom is -0.314 e. The van der Waals surface area contributed by atoms with E-state index in [2.05, 4.69) is 4.98 Å². The number of aryl methyl sites for hydroxylation is 2. The van der Waals surface area contributed by atoms with E-state index in [-0.39, 0.29) is 10.5 Å². The summed E-state index contributed by atoms with van der Waals surface area (Å²) in [6, 6.07) is 2.72. The summed E-state index contributed by atoms with van der Waals surface area (Å²) in [6.45, 7) is 1.53. The van der Waals surface area contributed by atoms with Crippen LogP contribution in [0.2, 0.25) is 0 Å². The number of hydrogen-bond acceptors (Lipinski definition) is 5. The molecule has 0 saturated carbocycles. The van der Waals surface area contributed by atoms with Gasteiger partial charge in [0.25, 0.3) is 5.56 Å². The molecule has 3 rings (SSSR count). The number of hydrogen-bond donors (Lipinski definition) is 0. The second-order valence-corrected chi connectivity index (χ2v) is 7.89. The molecule has 0 unspecified atom stereocenters. The van der Waals surface area contributed by atoms with E-state index in [0.29, 0.717) is 26.1 Å². The van der Waals surface area contributed by atoms with Gasteiger partial charge in [0.1, 0.15) is 0 Å². The first kappa shape index (κ1) is 15.4. The lowest BCUT2D eigenvalue weighted by molar-refractivity contribution is 0.476. The van der Waals surface area contributed by atoms with Gasteiger partial charge in [0.2, 0.25) is 10.0 Å². The lowest BCUT2D eigenvalue weighted by atomic mass is 10.3. The molecule has 1 aliphatic rings. The van der Waals surface area contributed by atoms with Gasteiger partial charge in [0, 0.05) is 43.7 Å². The summed E-state index contributed by atoms with van der Waals surface area (Å²) in [7, 11) is -3.49. The normalized spacial score (nSPS) is 16.2. The first-order chi connectivity index (χ1) is 10.6. The molecule has 6 nitrogen and oxygen atoms in total. The molecule has 8 heteroatoms. The van der Waals surface area contributed by atoms with Crippen molar-refractivity contribution in [3.63, 3.8) is 0 Å². The summed E-state index contributed by atoms with van der Waals surface area (Å²) in [6.07, 6.45) is 3.84. The number of rotatable bonds is 5. The van der Waals surface area contributed by atoms with Crippen LogP contribution in [0.4, 0.5) is 0 Å². The highest BCUT2D eigenvalue weighted by atomic mass is 32.2. The molecular weight excluding hydrogens is 322 g/mol. The van der Waals surface area contributed by atoms with Crippen LogP contribution in [0.15, 0.2) is 38.9 Å². The van der Waals surface area contributed by atoms with Gasteiger partial charge in [-0.25, -0.2) is 13.4 Å². The Morgan fingerprint density at radius 3 is 2.68 bits per heavy atom. The summed E-state index contributed by atoms with van der Waals surface area (Å²) >= 11 is 1.50. The average molecular weight is 339 g/mol. The molecular formula is C14H17N3O3S2. The van der Waals surface area contributed by atoms with Crippen molar-refractivity contribution in [3.05, 3.63) is 45.3 Å². The van der Waals surface area contributed by atoms with Gasteiger partial charge in [-0.1, -0.05) is 0 Å². The maximum Gasteiger partial charge on any atom is 0.250 e. The molecule has 1 fully saturated rings. The third kappa shape index (κ3) is 3.13. The van der Waals surface area contributed by atoms with Crippen LogP contribution < -0.4 is 5.56 Å². The van der Waals surface area contributed by atoms with Gasteiger partial charge in [-0.2, -0.15) is 4.31 Å². The van der Waals surface area contributed by atoms with Crippen molar-refractivity contribution in [2.45, 2.75) is 30.7 Å². The van der Waals surface area contributed by atoms with E-state index in [1.807, 2.05) is 5.38 Å². The fraction of sp³-hybridized carbons (Fsp3) is 0.429. The van der Waals surface area contributed by atoms with E-state index in [1.54, 1.807) is 5.51 Å². The number of sulfonamides is 1. The second-order valence-electron chi connectivity index (χ2n) is 5.24. The van der Waals surface area contributed by atoms with E-state index in [9.17, 15) is 13.2 Å². The minimum absolute atomic E-state index is 0.187. The van der Waals surface area contributed by atoms with Crippen molar-refractivity contribution in [2.75, 3.05) is 13.1 Å². The first-order valence-corrected chi connectivity index (χ1v) is 9.53. The highest BCUT2D eigenvalue weighted by Crippen LogP contribution is 2.19. The topological polar surface area (TPSA) is 72.3 Å². The molecule has 0 bridgehead atoms. The van der Waals surface area contributed by atoms with Crippen molar-refractivity contribution in [2.24, 2.45) is 0 Å². The molecule has 2 aromatic heterocycles. The monoisotopic (exact) mass is 339 g/mol. The van der Waals surface area contributed by atoms with Gasteiger partial charge in [-0.05, 0) is 18.9 Å². The number of aromatic nitrogens is 2. The van der Waals surface area contributed by atoms with E-state index in [0.717, 1.165) is 18.5 Å². The van der Waals surface area contributed by atoms with Gasteiger partial charge >= 0.3 is 0 Å². The molecule has 0 aromatic carbocycles. The molecule has 22 heavy (non-hydrogen) atoms. The lowest BCUT2D eigenvalue weighted by Crippen LogP contribution is -2.29. The molecule has 0 aliphatic carbocycles. The largest absolute Gasteiger partial charge is 0.314 e. The Bertz CT molecular complexity index is 791. The predicted octanol–water partition coefficient (Wildman–Crippen LogP) is 1.33. The van der Waals surface area contributed by atoms with Crippen LogP contribution in [-0.2, 0) is 23.0 Å². The van der Waals surface area contributed by atoms with E-state index in [1.165, 1.54) is 38.5 Å². The van der Waals surface area contributed by atoms with Gasteiger partial charge in [0.15, 0.2) is 0 Å². The Balaban J connectivity index is 1.84. The molecule has 0 radical (unpaired) electrons. The quantitative estimate of drug-likeness (QED) is 0.824. The van der Waals surface area contributed by atoms with Crippen molar-refractivity contribution in [1.29, 1.82) is 0 Å². The maximum absolute atomic E-state index is 12.5. The Hall–Kier alpha value is -1.51. The van der Waals surface area contributed by atoms with Crippen LogP contribution in [0.5, 0.6) is 0 Å². The van der Waals surface area contributed by atoms with Gasteiger partial charge in [0.05, 0.1) is 16.1 Å². The summed E-state index contributed by atoms with van der Waals surface area (Å²) in [5.41, 5.74) is 2.45. The van der Waals surface area contributed by atoms with Gasteiger partial charge in [-0.15, -0.1) is 11.3 Å². The molecule has 2 aromatic rings. The Kier molecular flexibility index (Phi) is 4.42. The SMILES string of the molecule is O=c1ccc(S(=O)(=O)N2CCCC2)cn1CCc1cscn1. The van der Waals surface area contributed by atoms with E-state index in [4.69, 9.17) is 0 Å². The fourth-order valence-electron chi connectivity index (χ4n) is 2.51. The molecule has 0 atom stereocenters. The highest BCUT2D eigenvalue weighted by molar-refractivity contribution is 7.89. The zero-order valence-electron chi connectivity index (χ0n) is 12.0. The van der Waals surface area contributed by atoms with Crippen LogP contribution in [-0.4, -0.2) is 35.4 Å². The van der Waals surface area contributed by atoms with Crippen LogP contribution in [0.3, 0.4) is 0 Å². The number of thiazole rings is 1. The first-order valence-electron chi connectivity index (χ1n) is 7.15. The Morgan fingerprint density at radius 2 is 2.00 bits per heavy atom. The molecule has 0 N–H and O–H groups in total. The molecule has 3 heterocycles. The number of nitrogens with zero attached hydrogens (tertiary/aromatic N) is 3. The molecule has 0 amide bonds. The van der Waals surface area contributed by atoms with Gasteiger partial charge < -0.3 is 4.57 Å². The fourth-order valence-corrected chi connectivity index (χ4v) is 4.64. The smallest absolute Gasteiger partial charge is 0.250 e. The summed E-state index contributed by atoms with van der Waals surface area (Å²) in [5, 5.41) is 1.93. The van der Waals surface area contributed by atoms with Crippen molar-refractivity contribution in [3.8, 4) is 0 Å². The zero-order chi connectivity index (χ0) is 15.6. The van der Waals surface area contributed by atoms with Crippen molar-refractivity contribution < 1.29 is 8.42 Å². The van der Waals surface area contributed by atoms with Crippen LogP contribution in [0.1, 0.15) is 18.5 Å². The summed E-state index contributed by atoms with van der Waals surface area (Å²) < 4.78 is 28.0. The predicted molar refractivity (Wildman–Crippen MR) is 84.5 cm³/mol. The second kappa shape index (κ2) is 6.31. The molecule has 118 valence electrons. The zero-order valence-corrected chi connectivity index (χ0v) is 13.6. The third-order valence-corrected chi connectivity index (χ3v) is 6.27. The Labute approximate surface area is 133 Å². The van der Waals surface area contributed by atoms with Crippen LogP contribution >= 0.6 is 11.3 Å². The third-order valence-electron chi connectivity index (χ3n) is 3.75. The van der Waals surface area contributed by atoms with E-state index < -0.39 is 10.0 Å². The van der Waals surface area contributed by atoms with Crippen LogP contribution in [0, 0.1) is 0 Å². The van der Waals surface area contributed by atoms with E-state index >= 15 is 0 Å². The summed E-state index contributed by atoms with van der Waals surface area (Å²) in [5.74, 6) is 0. The lowest BCUT2D eigenvalue weighted by Gasteiger charge is -2.16. The van der Waals surface area contributed by atoms with Crippen molar-refractivity contribution in [1.82, 2.24) is 13.9 Å². The standard InChI is InChI=1S/C14H17N3O3S2/c18-14-4-3-13(22(19,20)17-6-1-2-7-17)9-16(14)8-5-12-10-21-11-15-12/h3-4,9-11H,1-2,5-8H2. The average Bonchev–Trinajstić information content (AvgIpc) is 3.20. The Morgan fingerprint density at radius 1 is 1.23 bits per heavy atom. The molecule has 1 aliphatic heterocycles. The number of pyridine rings is 1. The summed E-state index contributed by atoms with van der Waals surface area (Å²) in [4.78, 5) is 16.3. The van der Waals surface area contributed by atoms with Gasteiger partial charge in [-0.3, -0.25) is 4.79 Å². The molecule has 1 saturated heterocycles. The highest BCUT2D eigenvalue weighted by Gasteiger charge is 2.27. The molecule has 0 spiro atoms. The maximum atomic E-state index is 12.5. The minimum atomic E-state index is -3.49. The van der Waals surface area contributed by atoms with Crippen molar-refractivity contribution >= 4 is 21.4 Å². The van der Waals surface area contributed by atoms with Crippen LogP contribution in [0.25, 0.3) is 0 Å².